The van der Waals surface area contributed by atoms with E-state index in [9.17, 15) is 4.79 Å². The van der Waals surface area contributed by atoms with Crippen LogP contribution in [0.1, 0.15) is 27.7 Å². The second kappa shape index (κ2) is 5.77. The molecule has 0 aliphatic heterocycles. The Bertz CT molecular complexity index is 600. The van der Waals surface area contributed by atoms with Gasteiger partial charge in [-0.25, -0.2) is 9.78 Å². The van der Waals surface area contributed by atoms with Crippen LogP contribution in [0.25, 0.3) is 0 Å². The number of carbonyl (C=O) groups excluding carboxylic acids is 1. The predicted octanol–water partition coefficient (Wildman–Crippen LogP) is 2.71. The van der Waals surface area contributed by atoms with Crippen molar-refractivity contribution >= 4 is 11.7 Å². The molecular weight excluding hydrogens is 256 g/mol. The van der Waals surface area contributed by atoms with Crippen molar-refractivity contribution in [2.24, 2.45) is 0 Å². The van der Waals surface area contributed by atoms with Crippen LogP contribution in [-0.2, 0) is 11.3 Å². The number of esters is 1. The standard InChI is InChI=1S/C15H18N2O3/c1-10-11(2)20-14(16-10)9-17(3)13-8-6-5-7-12(13)15(18)19-4/h5-8H,9H2,1-4H3. The minimum Gasteiger partial charge on any atom is -0.465 e. The third-order valence-corrected chi connectivity index (χ3v) is 3.17. The highest BCUT2D eigenvalue weighted by atomic mass is 16.5. The monoisotopic (exact) mass is 274 g/mol. The number of ether oxygens (including phenoxy) is 1. The van der Waals surface area contributed by atoms with Gasteiger partial charge in [0.2, 0.25) is 5.89 Å². The summed E-state index contributed by atoms with van der Waals surface area (Å²) in [4.78, 5) is 18.0. The van der Waals surface area contributed by atoms with Gasteiger partial charge in [0.15, 0.2) is 0 Å². The lowest BCUT2D eigenvalue weighted by Crippen LogP contribution is -2.20. The molecule has 0 saturated heterocycles. The number of methoxy groups -OCH3 is 1. The van der Waals surface area contributed by atoms with Gasteiger partial charge < -0.3 is 14.1 Å². The molecule has 0 fully saturated rings. The maximum absolute atomic E-state index is 11.8. The Morgan fingerprint density at radius 3 is 2.65 bits per heavy atom. The number of rotatable bonds is 4. The molecule has 106 valence electrons. The predicted molar refractivity (Wildman–Crippen MR) is 75.9 cm³/mol. The molecule has 0 radical (unpaired) electrons. The van der Waals surface area contributed by atoms with E-state index in [1.54, 1.807) is 6.07 Å². The zero-order valence-electron chi connectivity index (χ0n) is 12.1. The molecule has 2 aromatic rings. The first-order valence-electron chi connectivity index (χ1n) is 6.34. The lowest BCUT2D eigenvalue weighted by atomic mass is 10.1. The van der Waals surface area contributed by atoms with Gasteiger partial charge in [-0.3, -0.25) is 0 Å². The molecular formula is C15H18N2O3. The maximum atomic E-state index is 11.8. The van der Waals surface area contributed by atoms with Crippen molar-refractivity contribution in [3.63, 3.8) is 0 Å². The third-order valence-electron chi connectivity index (χ3n) is 3.17. The van der Waals surface area contributed by atoms with Crippen molar-refractivity contribution in [3.05, 3.63) is 47.2 Å². The smallest absolute Gasteiger partial charge is 0.339 e. The van der Waals surface area contributed by atoms with E-state index < -0.39 is 0 Å². The number of hydrogen-bond donors (Lipinski definition) is 0. The first-order valence-corrected chi connectivity index (χ1v) is 6.34. The molecule has 0 bridgehead atoms. The Morgan fingerprint density at radius 1 is 1.35 bits per heavy atom. The average Bonchev–Trinajstić information content (AvgIpc) is 2.76. The summed E-state index contributed by atoms with van der Waals surface area (Å²) >= 11 is 0. The number of para-hydroxylation sites is 1. The molecule has 0 amide bonds. The van der Waals surface area contributed by atoms with E-state index in [-0.39, 0.29) is 5.97 Å². The van der Waals surface area contributed by atoms with Crippen molar-refractivity contribution < 1.29 is 13.9 Å². The molecule has 1 aromatic carbocycles. The Kier molecular flexibility index (Phi) is 4.08. The molecule has 5 heteroatoms. The fourth-order valence-electron chi connectivity index (χ4n) is 1.98. The fraction of sp³-hybridized carbons (Fsp3) is 0.333. The summed E-state index contributed by atoms with van der Waals surface area (Å²) in [6, 6.07) is 7.30. The van der Waals surface area contributed by atoms with Gasteiger partial charge in [0.05, 0.1) is 30.6 Å². The van der Waals surface area contributed by atoms with E-state index >= 15 is 0 Å². The quantitative estimate of drug-likeness (QED) is 0.802. The van der Waals surface area contributed by atoms with Crippen LogP contribution in [0.5, 0.6) is 0 Å². The average molecular weight is 274 g/mol. The van der Waals surface area contributed by atoms with Crippen LogP contribution in [0.15, 0.2) is 28.7 Å². The van der Waals surface area contributed by atoms with Crippen molar-refractivity contribution in [1.29, 1.82) is 0 Å². The molecule has 0 spiro atoms. The molecule has 1 heterocycles. The van der Waals surface area contributed by atoms with Gasteiger partial charge in [-0.2, -0.15) is 0 Å². The van der Waals surface area contributed by atoms with Gasteiger partial charge in [0.25, 0.3) is 0 Å². The summed E-state index contributed by atoms with van der Waals surface area (Å²) in [7, 11) is 3.26. The highest BCUT2D eigenvalue weighted by Crippen LogP contribution is 2.22. The Balaban J connectivity index is 2.25. The summed E-state index contributed by atoms with van der Waals surface area (Å²) in [5.74, 6) is 1.09. The number of hydrogen-bond acceptors (Lipinski definition) is 5. The van der Waals surface area contributed by atoms with Crippen LogP contribution >= 0.6 is 0 Å². The maximum Gasteiger partial charge on any atom is 0.339 e. The van der Waals surface area contributed by atoms with E-state index in [1.807, 2.05) is 44.0 Å². The van der Waals surface area contributed by atoms with Gasteiger partial charge in [0.1, 0.15) is 5.76 Å². The molecule has 2 rings (SSSR count). The molecule has 0 aliphatic rings. The van der Waals surface area contributed by atoms with Crippen LogP contribution in [0.2, 0.25) is 0 Å². The highest BCUT2D eigenvalue weighted by Gasteiger charge is 2.16. The lowest BCUT2D eigenvalue weighted by Gasteiger charge is -2.19. The van der Waals surface area contributed by atoms with Crippen molar-refractivity contribution in [2.75, 3.05) is 19.1 Å². The summed E-state index contributed by atoms with van der Waals surface area (Å²) < 4.78 is 10.4. The minimum absolute atomic E-state index is 0.354. The van der Waals surface area contributed by atoms with Gasteiger partial charge in [-0.05, 0) is 26.0 Å². The molecule has 0 atom stereocenters. The van der Waals surface area contributed by atoms with Crippen LogP contribution in [-0.4, -0.2) is 25.1 Å². The van der Waals surface area contributed by atoms with Crippen molar-refractivity contribution in [2.45, 2.75) is 20.4 Å². The van der Waals surface area contributed by atoms with Gasteiger partial charge in [0, 0.05) is 7.05 Å². The Hall–Kier alpha value is -2.30. The fourth-order valence-corrected chi connectivity index (χ4v) is 1.98. The summed E-state index contributed by atoms with van der Waals surface area (Å²) in [6.07, 6.45) is 0. The van der Waals surface area contributed by atoms with Crippen molar-refractivity contribution in [3.8, 4) is 0 Å². The molecule has 1 aromatic heterocycles. The number of aryl methyl sites for hydroxylation is 2. The second-order valence-corrected chi connectivity index (χ2v) is 4.61. The van der Waals surface area contributed by atoms with Gasteiger partial charge in [-0.1, -0.05) is 12.1 Å². The summed E-state index contributed by atoms with van der Waals surface area (Å²) in [5, 5.41) is 0. The van der Waals surface area contributed by atoms with Crippen LogP contribution in [0.4, 0.5) is 5.69 Å². The van der Waals surface area contributed by atoms with Crippen molar-refractivity contribution in [1.82, 2.24) is 4.98 Å². The second-order valence-electron chi connectivity index (χ2n) is 4.61. The number of oxazole rings is 1. The number of carbonyl (C=O) groups is 1. The van der Waals surface area contributed by atoms with Crippen LogP contribution in [0, 0.1) is 13.8 Å². The largest absolute Gasteiger partial charge is 0.465 e. The Labute approximate surface area is 118 Å². The molecule has 0 aliphatic carbocycles. The Morgan fingerprint density at radius 2 is 2.05 bits per heavy atom. The number of aromatic nitrogens is 1. The van der Waals surface area contributed by atoms with Gasteiger partial charge >= 0.3 is 5.97 Å². The minimum atomic E-state index is -0.354. The SMILES string of the molecule is COC(=O)c1ccccc1N(C)Cc1nc(C)c(C)o1. The van der Waals surface area contributed by atoms with E-state index in [0.717, 1.165) is 17.1 Å². The zero-order chi connectivity index (χ0) is 14.7. The molecule has 0 N–H and O–H groups in total. The normalized spacial score (nSPS) is 10.4. The first kappa shape index (κ1) is 14.1. The van der Waals surface area contributed by atoms with Crippen LogP contribution < -0.4 is 4.90 Å². The van der Waals surface area contributed by atoms with Crippen LogP contribution in [0.3, 0.4) is 0 Å². The van der Waals surface area contributed by atoms with E-state index in [4.69, 9.17) is 9.15 Å². The molecule has 0 unspecified atom stereocenters. The lowest BCUT2D eigenvalue weighted by molar-refractivity contribution is 0.0601. The van der Waals surface area contributed by atoms with Gasteiger partial charge in [-0.15, -0.1) is 0 Å². The molecule has 20 heavy (non-hydrogen) atoms. The number of anilines is 1. The first-order chi connectivity index (χ1) is 9.52. The van der Waals surface area contributed by atoms with E-state index in [1.165, 1.54) is 7.11 Å². The highest BCUT2D eigenvalue weighted by molar-refractivity contribution is 5.95. The number of benzene rings is 1. The molecule has 0 saturated carbocycles. The zero-order valence-corrected chi connectivity index (χ0v) is 12.1. The third kappa shape index (κ3) is 2.82. The number of nitrogens with zero attached hydrogens (tertiary/aromatic N) is 2. The topological polar surface area (TPSA) is 55.6 Å². The molecule has 5 nitrogen and oxygen atoms in total. The van der Waals surface area contributed by atoms with E-state index in [0.29, 0.717) is 18.0 Å². The summed E-state index contributed by atoms with van der Waals surface area (Å²) in [6.45, 7) is 4.28. The van der Waals surface area contributed by atoms with E-state index in [2.05, 4.69) is 4.98 Å². The summed E-state index contributed by atoms with van der Waals surface area (Å²) in [5.41, 5.74) is 2.19.